The molecule has 0 radical (unpaired) electrons. The van der Waals surface area contributed by atoms with Gasteiger partial charge in [0.2, 0.25) is 0 Å². The molecule has 3 aromatic heterocycles. The smallest absolute Gasteiger partial charge is 0.159 e. The number of hydrogen-bond acceptors (Lipinski definition) is 5. The number of hydrogen-bond donors (Lipinski definition) is 0. The maximum atomic E-state index is 7.28. The second-order valence-electron chi connectivity index (χ2n) is 23.4. The van der Waals surface area contributed by atoms with Crippen molar-refractivity contribution in [2.24, 2.45) is 0 Å². The first-order chi connectivity index (χ1) is 35.5. The van der Waals surface area contributed by atoms with E-state index in [0.29, 0.717) is 0 Å². The lowest BCUT2D eigenvalue weighted by molar-refractivity contribution is 0.572. The molecule has 0 spiro atoms. The molecule has 0 aliphatic rings. The van der Waals surface area contributed by atoms with Crippen LogP contribution in [0.15, 0.2) is 195 Å². The van der Waals surface area contributed by atoms with E-state index in [9.17, 15) is 0 Å². The minimum absolute atomic E-state index is 0.113. The Morgan fingerprint density at radius 1 is 0.324 bits per heavy atom. The second-order valence-corrected chi connectivity index (χ2v) is 28.5. The molecule has 0 N–H and O–H groups in total. The molecular formula is C68H60N2O3Si. The van der Waals surface area contributed by atoms with Gasteiger partial charge in [0.15, 0.2) is 11.2 Å². The summed E-state index contributed by atoms with van der Waals surface area (Å²) in [6.45, 7) is 22.9. The van der Waals surface area contributed by atoms with Crippen LogP contribution in [0.1, 0.15) is 58.2 Å². The van der Waals surface area contributed by atoms with Crippen LogP contribution < -0.4 is 15.0 Å². The van der Waals surface area contributed by atoms with E-state index < -0.39 is 8.07 Å². The molecule has 6 heteroatoms. The Bertz CT molecular complexity index is 4380. The number of nitrogens with zero attached hydrogens (tertiary/aromatic N) is 2. The molecule has 0 atom stereocenters. The Hall–Kier alpha value is -8.06. The van der Waals surface area contributed by atoms with Crippen molar-refractivity contribution in [3.8, 4) is 0 Å². The molecule has 0 saturated carbocycles. The van der Waals surface area contributed by atoms with Gasteiger partial charge in [-0.1, -0.05) is 205 Å². The van der Waals surface area contributed by atoms with E-state index in [2.05, 4.69) is 260 Å². The van der Waals surface area contributed by atoms with Crippen molar-refractivity contribution >= 4 is 135 Å². The minimum Gasteiger partial charge on any atom is -0.455 e. The summed E-state index contributed by atoms with van der Waals surface area (Å²) in [6.07, 6.45) is 0. The highest BCUT2D eigenvalue weighted by Crippen LogP contribution is 2.52. The number of furan rings is 3. The Balaban J connectivity index is 1.12. The standard InChI is InChI=1S/C68H60N2O3Si/c1-41-31-33-42(34-32-41)69(57-29-17-25-51-49-23-15-27-55(67(2,3)4)63(49)72-65(51)57)59-39-53-54-40-60(46-20-12-14-22-48(46)62(54)71-61(53)47-21-13-11-19-45(47)59)70(43-35-37-44(38-36-43)74(8,9)10)58-30-18-26-52-50-24-16-28-56(68(5,6)7)64(50)73-66(52)58/h11-40H,1-10H3. The Morgan fingerprint density at radius 2 is 0.662 bits per heavy atom. The summed E-state index contributed by atoms with van der Waals surface area (Å²) in [5.41, 5.74) is 14.7. The van der Waals surface area contributed by atoms with Crippen molar-refractivity contribution in [2.45, 2.75) is 78.9 Å². The summed E-state index contributed by atoms with van der Waals surface area (Å²) in [4.78, 5) is 4.81. The number of anilines is 6. The van der Waals surface area contributed by atoms with E-state index in [-0.39, 0.29) is 10.8 Å². The summed E-state index contributed by atoms with van der Waals surface area (Å²) in [5, 5.41) is 12.1. The summed E-state index contributed by atoms with van der Waals surface area (Å²) in [7, 11) is -1.62. The van der Waals surface area contributed by atoms with Gasteiger partial charge in [-0.05, 0) is 66.3 Å². The first-order valence-corrected chi connectivity index (χ1v) is 29.5. The van der Waals surface area contributed by atoms with Gasteiger partial charge in [0, 0.05) is 76.4 Å². The summed E-state index contributed by atoms with van der Waals surface area (Å²) < 4.78 is 21.6. The van der Waals surface area contributed by atoms with Crippen LogP contribution in [-0.4, -0.2) is 8.07 Å². The zero-order valence-electron chi connectivity index (χ0n) is 43.9. The number of rotatable bonds is 7. The van der Waals surface area contributed by atoms with Crippen LogP contribution in [0.4, 0.5) is 34.1 Å². The number of benzene rings is 10. The number of aryl methyl sites for hydroxylation is 1. The maximum Gasteiger partial charge on any atom is 0.159 e. The van der Waals surface area contributed by atoms with Gasteiger partial charge >= 0.3 is 0 Å². The van der Waals surface area contributed by atoms with Crippen molar-refractivity contribution in [2.75, 3.05) is 9.80 Å². The van der Waals surface area contributed by atoms with Crippen molar-refractivity contribution < 1.29 is 13.3 Å². The normalized spacial score (nSPS) is 12.7. The predicted octanol–water partition coefficient (Wildman–Crippen LogP) is 20.1. The molecule has 74 heavy (non-hydrogen) atoms. The van der Waals surface area contributed by atoms with Crippen LogP contribution in [0, 0.1) is 6.92 Å². The zero-order valence-corrected chi connectivity index (χ0v) is 44.9. The van der Waals surface area contributed by atoms with Crippen LogP contribution in [-0.2, 0) is 10.8 Å². The van der Waals surface area contributed by atoms with Crippen molar-refractivity contribution in [3.05, 3.63) is 199 Å². The lowest BCUT2D eigenvalue weighted by Gasteiger charge is -2.28. The fourth-order valence-electron chi connectivity index (χ4n) is 11.5. The molecule has 13 rings (SSSR count). The molecule has 0 aliphatic carbocycles. The van der Waals surface area contributed by atoms with E-state index in [4.69, 9.17) is 13.3 Å². The highest BCUT2D eigenvalue weighted by Gasteiger charge is 2.30. The van der Waals surface area contributed by atoms with Crippen LogP contribution in [0.5, 0.6) is 0 Å². The molecule has 0 bridgehead atoms. The number of para-hydroxylation sites is 4. The third kappa shape index (κ3) is 7.17. The molecule has 0 aliphatic heterocycles. The quantitative estimate of drug-likeness (QED) is 0.149. The summed E-state index contributed by atoms with van der Waals surface area (Å²) >= 11 is 0. The average molecular weight is 981 g/mol. The van der Waals surface area contributed by atoms with Crippen LogP contribution in [0.3, 0.4) is 0 Å². The molecule has 5 nitrogen and oxygen atoms in total. The Morgan fingerprint density at radius 3 is 1.07 bits per heavy atom. The fourth-order valence-corrected chi connectivity index (χ4v) is 12.7. The zero-order chi connectivity index (χ0) is 51.0. The van der Waals surface area contributed by atoms with Crippen LogP contribution >= 0.6 is 0 Å². The molecule has 0 amide bonds. The molecule has 3 heterocycles. The molecular weight excluding hydrogens is 921 g/mol. The van der Waals surface area contributed by atoms with E-state index in [1.165, 1.54) is 21.9 Å². The van der Waals surface area contributed by atoms with Crippen LogP contribution in [0.2, 0.25) is 19.6 Å². The Labute approximate surface area is 433 Å². The van der Waals surface area contributed by atoms with E-state index in [1.54, 1.807) is 0 Å². The van der Waals surface area contributed by atoms with Crippen LogP contribution in [0.25, 0.3) is 87.4 Å². The highest BCUT2D eigenvalue weighted by molar-refractivity contribution is 6.88. The lowest BCUT2D eigenvalue weighted by Crippen LogP contribution is -2.37. The third-order valence-electron chi connectivity index (χ3n) is 15.3. The lowest BCUT2D eigenvalue weighted by atomic mass is 9.86. The predicted molar refractivity (Wildman–Crippen MR) is 318 cm³/mol. The highest BCUT2D eigenvalue weighted by atomic mass is 28.3. The van der Waals surface area contributed by atoms with Gasteiger partial charge in [0.05, 0.1) is 30.8 Å². The van der Waals surface area contributed by atoms with Crippen molar-refractivity contribution in [3.63, 3.8) is 0 Å². The summed E-state index contributed by atoms with van der Waals surface area (Å²) in [6, 6.07) is 66.5. The minimum atomic E-state index is -1.62. The summed E-state index contributed by atoms with van der Waals surface area (Å²) in [5.74, 6) is 0. The molecule has 13 aromatic rings. The van der Waals surface area contributed by atoms with Gasteiger partial charge in [-0.2, -0.15) is 0 Å². The second kappa shape index (κ2) is 16.5. The van der Waals surface area contributed by atoms with Gasteiger partial charge in [0.1, 0.15) is 22.3 Å². The van der Waals surface area contributed by atoms with E-state index in [0.717, 1.165) is 121 Å². The van der Waals surface area contributed by atoms with Gasteiger partial charge in [-0.25, -0.2) is 0 Å². The van der Waals surface area contributed by atoms with Gasteiger partial charge in [-0.3, -0.25) is 0 Å². The van der Waals surface area contributed by atoms with E-state index >= 15 is 0 Å². The largest absolute Gasteiger partial charge is 0.455 e. The molecule has 0 fully saturated rings. The maximum absolute atomic E-state index is 7.28. The number of fused-ring (bicyclic) bond motifs is 13. The molecule has 0 unspecified atom stereocenters. The van der Waals surface area contributed by atoms with Gasteiger partial charge < -0.3 is 23.1 Å². The fraction of sp³-hybridized carbons (Fsp3) is 0.176. The Kier molecular flexibility index (Phi) is 10.2. The molecule has 364 valence electrons. The van der Waals surface area contributed by atoms with Crippen molar-refractivity contribution in [1.82, 2.24) is 0 Å². The third-order valence-corrected chi connectivity index (χ3v) is 17.4. The van der Waals surface area contributed by atoms with Crippen molar-refractivity contribution in [1.29, 1.82) is 0 Å². The first kappa shape index (κ1) is 45.8. The molecule has 10 aromatic carbocycles. The monoisotopic (exact) mass is 980 g/mol. The topological polar surface area (TPSA) is 45.9 Å². The first-order valence-electron chi connectivity index (χ1n) is 26.0. The van der Waals surface area contributed by atoms with E-state index in [1.807, 2.05) is 0 Å². The average Bonchev–Trinajstić information content (AvgIpc) is 4.10. The van der Waals surface area contributed by atoms with Gasteiger partial charge in [-0.15, -0.1) is 0 Å². The molecule has 0 saturated heterocycles. The SMILES string of the molecule is Cc1ccc(N(c2cc3c4cc(N(c5ccc([Si](C)(C)C)cc5)c5cccc6c5oc5c(C(C)(C)C)cccc56)c5ccccc5c4oc3c3ccccc23)c2cccc3c2oc2c(C(C)(C)C)cccc23)cc1. The van der Waals surface area contributed by atoms with Gasteiger partial charge in [0.25, 0.3) is 0 Å².